The van der Waals surface area contributed by atoms with Crippen LogP contribution >= 0.6 is 11.6 Å². The minimum absolute atomic E-state index is 0.0838. The largest absolute Gasteiger partial charge is 0.481 e. The zero-order valence-electron chi connectivity index (χ0n) is 12.7. The summed E-state index contributed by atoms with van der Waals surface area (Å²) in [5.74, 6) is -1.63. The third kappa shape index (κ3) is 2.24. The van der Waals surface area contributed by atoms with E-state index in [1.807, 2.05) is 30.3 Å². The predicted octanol–water partition coefficient (Wildman–Crippen LogP) is 3.97. The maximum absolute atomic E-state index is 12.7. The SMILES string of the molecule is O=C(O)[C@@H]1CCC(=O)N2c3cc(Cl)ccc3Nc3ccccc3[C@@H]12. The molecule has 2 aliphatic rings. The van der Waals surface area contributed by atoms with E-state index in [4.69, 9.17) is 11.6 Å². The van der Waals surface area contributed by atoms with E-state index in [-0.39, 0.29) is 12.3 Å². The second-order valence-corrected chi connectivity index (χ2v) is 6.50. The van der Waals surface area contributed by atoms with Gasteiger partial charge in [0.2, 0.25) is 5.91 Å². The molecule has 0 spiro atoms. The summed E-state index contributed by atoms with van der Waals surface area (Å²) in [4.78, 5) is 26.1. The number of amides is 1. The first-order valence-corrected chi connectivity index (χ1v) is 8.14. The van der Waals surface area contributed by atoms with E-state index in [1.54, 1.807) is 17.0 Å². The summed E-state index contributed by atoms with van der Waals surface area (Å²) in [6, 6.07) is 12.2. The highest BCUT2D eigenvalue weighted by atomic mass is 35.5. The van der Waals surface area contributed by atoms with Crippen molar-refractivity contribution in [1.82, 2.24) is 0 Å². The molecular formula is C18H15ClN2O3. The van der Waals surface area contributed by atoms with Crippen LogP contribution in [-0.4, -0.2) is 17.0 Å². The average molecular weight is 343 g/mol. The molecule has 2 atom stereocenters. The van der Waals surface area contributed by atoms with E-state index in [2.05, 4.69) is 5.32 Å². The highest BCUT2D eigenvalue weighted by Crippen LogP contribution is 2.48. The van der Waals surface area contributed by atoms with Crippen molar-refractivity contribution in [3.8, 4) is 0 Å². The molecule has 0 bridgehead atoms. The van der Waals surface area contributed by atoms with Crippen LogP contribution in [-0.2, 0) is 9.59 Å². The lowest BCUT2D eigenvalue weighted by atomic mass is 9.83. The smallest absolute Gasteiger partial charge is 0.308 e. The van der Waals surface area contributed by atoms with Gasteiger partial charge in [-0.25, -0.2) is 0 Å². The van der Waals surface area contributed by atoms with E-state index >= 15 is 0 Å². The molecule has 1 fully saturated rings. The number of nitrogens with zero attached hydrogens (tertiary/aromatic N) is 1. The van der Waals surface area contributed by atoms with Gasteiger partial charge in [0.15, 0.2) is 0 Å². The molecule has 0 aliphatic carbocycles. The minimum atomic E-state index is -0.891. The number of anilines is 3. The summed E-state index contributed by atoms with van der Waals surface area (Å²) in [6.45, 7) is 0. The molecule has 6 heteroatoms. The van der Waals surface area contributed by atoms with Crippen molar-refractivity contribution in [2.24, 2.45) is 5.92 Å². The first-order chi connectivity index (χ1) is 11.6. The Kier molecular flexibility index (Phi) is 3.46. The van der Waals surface area contributed by atoms with E-state index in [1.165, 1.54) is 0 Å². The summed E-state index contributed by atoms with van der Waals surface area (Å²) in [7, 11) is 0. The van der Waals surface area contributed by atoms with Crippen molar-refractivity contribution in [3.63, 3.8) is 0 Å². The fourth-order valence-corrected chi connectivity index (χ4v) is 3.78. The van der Waals surface area contributed by atoms with Crippen molar-refractivity contribution in [2.75, 3.05) is 10.2 Å². The topological polar surface area (TPSA) is 69.6 Å². The van der Waals surface area contributed by atoms with Gasteiger partial charge in [-0.1, -0.05) is 29.8 Å². The van der Waals surface area contributed by atoms with Crippen molar-refractivity contribution in [2.45, 2.75) is 18.9 Å². The number of carboxylic acid groups (broad SMARTS) is 1. The number of nitrogens with one attached hydrogen (secondary N) is 1. The van der Waals surface area contributed by atoms with Gasteiger partial charge in [0.05, 0.1) is 23.3 Å². The number of fused-ring (bicyclic) bond motifs is 5. The van der Waals surface area contributed by atoms with Crippen LogP contribution in [0.25, 0.3) is 0 Å². The van der Waals surface area contributed by atoms with E-state index in [9.17, 15) is 14.7 Å². The molecule has 2 aliphatic heterocycles. The Hall–Kier alpha value is -2.53. The van der Waals surface area contributed by atoms with Crippen LogP contribution in [0.5, 0.6) is 0 Å². The Morgan fingerprint density at radius 3 is 2.79 bits per heavy atom. The van der Waals surface area contributed by atoms with Gasteiger partial charge in [-0.3, -0.25) is 9.59 Å². The lowest BCUT2D eigenvalue weighted by Gasteiger charge is -2.39. The van der Waals surface area contributed by atoms with Crippen LogP contribution in [0, 0.1) is 5.92 Å². The second kappa shape index (κ2) is 5.53. The average Bonchev–Trinajstić information content (AvgIpc) is 2.70. The van der Waals surface area contributed by atoms with E-state index in [0.717, 1.165) is 16.9 Å². The molecule has 1 saturated heterocycles. The van der Waals surface area contributed by atoms with Gasteiger partial charge in [0, 0.05) is 17.1 Å². The number of carbonyl (C=O) groups is 2. The molecule has 0 aromatic heterocycles. The number of hydrogen-bond donors (Lipinski definition) is 2. The maximum Gasteiger partial charge on any atom is 0.308 e. The van der Waals surface area contributed by atoms with Crippen LogP contribution in [0.3, 0.4) is 0 Å². The third-order valence-corrected chi connectivity index (χ3v) is 4.92. The van der Waals surface area contributed by atoms with Crippen molar-refractivity contribution in [3.05, 3.63) is 53.1 Å². The van der Waals surface area contributed by atoms with Gasteiger partial charge in [-0.05, 0) is 36.2 Å². The van der Waals surface area contributed by atoms with Crippen LogP contribution in [0.1, 0.15) is 24.4 Å². The maximum atomic E-state index is 12.7. The van der Waals surface area contributed by atoms with Crippen LogP contribution in [0.2, 0.25) is 5.02 Å². The first-order valence-electron chi connectivity index (χ1n) is 7.76. The normalized spacial score (nSPS) is 21.9. The summed E-state index contributed by atoms with van der Waals surface area (Å²) in [6.07, 6.45) is 0.543. The number of carboxylic acids is 1. The molecule has 0 saturated carbocycles. The Morgan fingerprint density at radius 1 is 1.21 bits per heavy atom. The van der Waals surface area contributed by atoms with Gasteiger partial charge in [-0.2, -0.15) is 0 Å². The summed E-state index contributed by atoms with van der Waals surface area (Å²) >= 11 is 6.14. The van der Waals surface area contributed by atoms with Crippen molar-refractivity contribution >= 4 is 40.5 Å². The molecule has 2 aromatic carbocycles. The minimum Gasteiger partial charge on any atom is -0.481 e. The molecule has 24 heavy (non-hydrogen) atoms. The summed E-state index contributed by atoms with van der Waals surface area (Å²) in [5.41, 5.74) is 2.99. The van der Waals surface area contributed by atoms with Gasteiger partial charge >= 0.3 is 5.97 Å². The highest BCUT2D eigenvalue weighted by Gasteiger charge is 2.44. The number of rotatable bonds is 1. The summed E-state index contributed by atoms with van der Waals surface area (Å²) < 4.78 is 0. The Labute approximate surface area is 143 Å². The Balaban J connectivity index is 2.00. The van der Waals surface area contributed by atoms with E-state index < -0.39 is 17.9 Å². The molecule has 2 aromatic rings. The van der Waals surface area contributed by atoms with Gasteiger partial charge < -0.3 is 15.3 Å². The first kappa shape index (κ1) is 15.0. The number of hydrogen-bond acceptors (Lipinski definition) is 3. The van der Waals surface area contributed by atoms with Gasteiger partial charge in [0.25, 0.3) is 0 Å². The summed E-state index contributed by atoms with van der Waals surface area (Å²) in [5, 5.41) is 13.5. The fourth-order valence-electron chi connectivity index (χ4n) is 3.61. The molecule has 1 amide bonds. The zero-order chi connectivity index (χ0) is 16.8. The number of benzene rings is 2. The fraction of sp³-hybridized carbons (Fsp3) is 0.222. The third-order valence-electron chi connectivity index (χ3n) is 4.68. The van der Waals surface area contributed by atoms with Crippen LogP contribution in [0.4, 0.5) is 17.1 Å². The monoisotopic (exact) mass is 342 g/mol. The number of carbonyl (C=O) groups excluding carboxylic acids is 1. The van der Waals surface area contributed by atoms with Gasteiger partial charge in [0.1, 0.15) is 0 Å². The molecule has 2 N–H and O–H groups in total. The zero-order valence-corrected chi connectivity index (χ0v) is 13.5. The number of piperidine rings is 1. The number of halogens is 1. The lowest BCUT2D eigenvalue weighted by Crippen LogP contribution is -2.45. The molecule has 0 radical (unpaired) electrons. The van der Waals surface area contributed by atoms with Gasteiger partial charge in [-0.15, -0.1) is 0 Å². The molecule has 4 rings (SSSR count). The Bertz CT molecular complexity index is 852. The number of aliphatic carboxylic acids is 1. The Morgan fingerprint density at radius 2 is 2.00 bits per heavy atom. The molecule has 0 unspecified atom stereocenters. The van der Waals surface area contributed by atoms with Crippen molar-refractivity contribution in [1.29, 1.82) is 0 Å². The highest BCUT2D eigenvalue weighted by molar-refractivity contribution is 6.31. The molecule has 2 heterocycles. The molecular weight excluding hydrogens is 328 g/mol. The number of para-hydroxylation sites is 1. The quantitative estimate of drug-likeness (QED) is 0.822. The standard InChI is InChI=1S/C18H15ClN2O3/c19-10-5-7-14-15(9-10)21-16(22)8-6-12(18(23)24)17(21)11-3-1-2-4-13(11)20-14/h1-5,7,9,12,17,20H,6,8H2,(H,23,24)/t12-,17+/m1/s1. The predicted molar refractivity (Wildman–Crippen MR) is 91.8 cm³/mol. The van der Waals surface area contributed by atoms with Crippen molar-refractivity contribution < 1.29 is 14.7 Å². The van der Waals surface area contributed by atoms with E-state index in [0.29, 0.717) is 17.1 Å². The molecule has 122 valence electrons. The van der Waals surface area contributed by atoms with Crippen LogP contribution in [0.15, 0.2) is 42.5 Å². The lowest BCUT2D eigenvalue weighted by molar-refractivity contribution is -0.144. The van der Waals surface area contributed by atoms with Crippen LogP contribution < -0.4 is 10.2 Å². The second-order valence-electron chi connectivity index (χ2n) is 6.07. The molecule has 5 nitrogen and oxygen atoms in total.